The Balaban J connectivity index is 1.63. The van der Waals surface area contributed by atoms with E-state index in [0.717, 1.165) is 41.0 Å². The van der Waals surface area contributed by atoms with Crippen LogP contribution in [0.15, 0.2) is 54.6 Å². The molecule has 0 aliphatic rings. The molecule has 8 heteroatoms. The predicted octanol–water partition coefficient (Wildman–Crippen LogP) is 6.37. The Morgan fingerprint density at radius 1 is 1.03 bits per heavy atom. The van der Waals surface area contributed by atoms with Gasteiger partial charge in [-0.05, 0) is 48.9 Å². The Kier molecular flexibility index (Phi) is 7.29. The number of hydrogen-bond acceptors (Lipinski definition) is 4. The van der Waals surface area contributed by atoms with Crippen LogP contribution in [-0.2, 0) is 13.1 Å². The van der Waals surface area contributed by atoms with Gasteiger partial charge >= 0.3 is 0 Å². The number of imidazole rings is 1. The van der Waals surface area contributed by atoms with Crippen LogP contribution in [0.1, 0.15) is 29.3 Å². The molecule has 0 spiro atoms. The minimum Gasteiger partial charge on any atom is -0.493 e. The summed E-state index contributed by atoms with van der Waals surface area (Å²) in [5.74, 6) is 1.80. The molecule has 6 nitrogen and oxygen atoms in total. The number of hydrogen-bond donors (Lipinski definition) is 1. The fourth-order valence-corrected chi connectivity index (χ4v) is 4.25. The Bertz CT molecular complexity index is 1350. The van der Waals surface area contributed by atoms with E-state index in [0.29, 0.717) is 33.7 Å². The van der Waals surface area contributed by atoms with E-state index in [2.05, 4.69) is 16.8 Å². The number of methoxy groups -OCH3 is 2. The van der Waals surface area contributed by atoms with E-state index in [4.69, 9.17) is 37.7 Å². The number of ether oxygens (including phenoxy) is 2. The first-order chi connectivity index (χ1) is 16.5. The molecule has 0 saturated heterocycles. The van der Waals surface area contributed by atoms with Crippen molar-refractivity contribution in [3.8, 4) is 22.9 Å². The lowest BCUT2D eigenvalue weighted by Gasteiger charge is -2.13. The molecule has 1 amide bonds. The molecule has 3 aromatic carbocycles. The van der Waals surface area contributed by atoms with Gasteiger partial charge in [0, 0.05) is 29.8 Å². The van der Waals surface area contributed by atoms with Crippen molar-refractivity contribution >= 4 is 40.1 Å². The number of aryl methyl sites for hydroxylation is 1. The van der Waals surface area contributed by atoms with Crippen molar-refractivity contribution in [1.82, 2.24) is 14.9 Å². The molecule has 34 heavy (non-hydrogen) atoms. The monoisotopic (exact) mass is 497 g/mol. The number of carbonyl (C=O) groups is 1. The van der Waals surface area contributed by atoms with E-state index >= 15 is 0 Å². The summed E-state index contributed by atoms with van der Waals surface area (Å²) in [6.45, 7) is 3.20. The molecule has 1 heterocycles. The van der Waals surface area contributed by atoms with Gasteiger partial charge in [-0.2, -0.15) is 0 Å². The van der Waals surface area contributed by atoms with Crippen molar-refractivity contribution in [3.63, 3.8) is 0 Å². The number of halogens is 2. The van der Waals surface area contributed by atoms with Crippen LogP contribution in [0.5, 0.6) is 11.5 Å². The number of fused-ring (bicyclic) bond motifs is 1. The van der Waals surface area contributed by atoms with Gasteiger partial charge in [0.1, 0.15) is 5.82 Å². The fourth-order valence-electron chi connectivity index (χ4n) is 3.95. The zero-order valence-corrected chi connectivity index (χ0v) is 20.7. The maximum absolute atomic E-state index is 12.9. The first kappa shape index (κ1) is 23.9. The van der Waals surface area contributed by atoms with E-state index in [1.165, 1.54) is 0 Å². The maximum Gasteiger partial charge on any atom is 0.251 e. The highest BCUT2D eigenvalue weighted by Crippen LogP contribution is 2.32. The van der Waals surface area contributed by atoms with Crippen molar-refractivity contribution in [2.24, 2.45) is 0 Å². The highest BCUT2D eigenvalue weighted by Gasteiger charge is 2.16. The minimum absolute atomic E-state index is 0.201. The lowest BCUT2D eigenvalue weighted by Crippen LogP contribution is -2.23. The molecular weight excluding hydrogens is 473 g/mol. The quantitative estimate of drug-likeness (QED) is 0.307. The van der Waals surface area contributed by atoms with Gasteiger partial charge in [-0.1, -0.05) is 42.3 Å². The van der Waals surface area contributed by atoms with Crippen molar-refractivity contribution in [2.75, 3.05) is 14.2 Å². The Labute approximate surface area is 208 Å². The molecule has 0 atom stereocenters. The predicted molar refractivity (Wildman–Crippen MR) is 136 cm³/mol. The first-order valence-corrected chi connectivity index (χ1v) is 11.7. The summed E-state index contributed by atoms with van der Waals surface area (Å²) < 4.78 is 12.9. The average molecular weight is 498 g/mol. The third-order valence-electron chi connectivity index (χ3n) is 5.56. The van der Waals surface area contributed by atoms with Gasteiger partial charge < -0.3 is 19.4 Å². The number of nitrogens with zero attached hydrogens (tertiary/aromatic N) is 2. The van der Waals surface area contributed by atoms with Crippen molar-refractivity contribution in [1.29, 1.82) is 0 Å². The first-order valence-electron chi connectivity index (χ1n) is 10.9. The number of carbonyl (C=O) groups excluding carboxylic acids is 1. The van der Waals surface area contributed by atoms with Gasteiger partial charge in [0.05, 0.1) is 35.3 Å². The summed E-state index contributed by atoms with van der Waals surface area (Å²) in [4.78, 5) is 17.8. The van der Waals surface area contributed by atoms with Gasteiger partial charge in [0.2, 0.25) is 0 Å². The normalized spacial score (nSPS) is 11.0. The maximum atomic E-state index is 12.9. The number of amides is 1. The number of benzene rings is 3. The average Bonchev–Trinajstić information content (AvgIpc) is 3.21. The van der Waals surface area contributed by atoms with E-state index < -0.39 is 0 Å². The van der Waals surface area contributed by atoms with Crippen LogP contribution in [0.4, 0.5) is 0 Å². The van der Waals surface area contributed by atoms with Crippen LogP contribution < -0.4 is 14.8 Å². The second-order valence-corrected chi connectivity index (χ2v) is 8.57. The molecule has 4 aromatic rings. The molecule has 1 N–H and O–H groups in total. The van der Waals surface area contributed by atoms with E-state index in [-0.39, 0.29) is 5.91 Å². The molecule has 1 aromatic heterocycles. The Morgan fingerprint density at radius 2 is 1.85 bits per heavy atom. The minimum atomic E-state index is -0.201. The number of nitrogens with one attached hydrogen (secondary N) is 1. The van der Waals surface area contributed by atoms with E-state index in [1.54, 1.807) is 26.4 Å². The molecule has 0 unspecified atom stereocenters. The topological polar surface area (TPSA) is 65.4 Å². The second kappa shape index (κ2) is 10.4. The number of aromatic nitrogens is 2. The molecule has 0 bridgehead atoms. The smallest absolute Gasteiger partial charge is 0.251 e. The summed E-state index contributed by atoms with van der Waals surface area (Å²) in [5, 5.41) is 3.93. The van der Waals surface area contributed by atoms with Crippen LogP contribution in [0.3, 0.4) is 0 Å². The van der Waals surface area contributed by atoms with Gasteiger partial charge in [-0.15, -0.1) is 0 Å². The number of para-hydroxylation sites is 1. The molecule has 0 aliphatic heterocycles. The molecule has 0 aliphatic carbocycles. The highest BCUT2D eigenvalue weighted by molar-refractivity contribution is 6.42. The summed E-state index contributed by atoms with van der Waals surface area (Å²) in [7, 11) is 3.16. The molecule has 0 radical (unpaired) electrons. The lowest BCUT2D eigenvalue weighted by molar-refractivity contribution is 0.0950. The van der Waals surface area contributed by atoms with Crippen LogP contribution in [0.2, 0.25) is 10.0 Å². The van der Waals surface area contributed by atoms with E-state index in [9.17, 15) is 4.79 Å². The van der Waals surface area contributed by atoms with Gasteiger partial charge in [0.15, 0.2) is 11.5 Å². The zero-order chi connectivity index (χ0) is 24.2. The molecule has 176 valence electrons. The van der Waals surface area contributed by atoms with Gasteiger partial charge in [0.25, 0.3) is 5.91 Å². The van der Waals surface area contributed by atoms with Crippen molar-refractivity contribution in [3.05, 3.63) is 75.8 Å². The number of rotatable bonds is 8. The largest absolute Gasteiger partial charge is 0.493 e. The molecular formula is C26H25Cl2N3O3. The van der Waals surface area contributed by atoms with Crippen LogP contribution in [0.25, 0.3) is 22.4 Å². The summed E-state index contributed by atoms with van der Waals surface area (Å²) in [6.07, 6.45) is 0.935. The zero-order valence-electron chi connectivity index (χ0n) is 19.2. The SMILES string of the molecule is CCCn1c(-c2ccc(Cl)c(Cl)c2)nc2cc(C(=O)NCc3cccc(OC)c3OC)ccc21. The van der Waals surface area contributed by atoms with Crippen molar-refractivity contribution < 1.29 is 14.3 Å². The Morgan fingerprint density at radius 3 is 2.56 bits per heavy atom. The molecule has 0 saturated carbocycles. The summed E-state index contributed by atoms with van der Waals surface area (Å²) in [6, 6.07) is 16.6. The van der Waals surface area contributed by atoms with E-state index in [1.807, 2.05) is 42.5 Å². The summed E-state index contributed by atoms with van der Waals surface area (Å²) >= 11 is 12.3. The molecule has 4 rings (SSSR count). The highest BCUT2D eigenvalue weighted by atomic mass is 35.5. The molecule has 0 fully saturated rings. The lowest BCUT2D eigenvalue weighted by atomic mass is 10.1. The fraction of sp³-hybridized carbons (Fsp3) is 0.231. The van der Waals surface area contributed by atoms with Crippen LogP contribution in [0, 0.1) is 0 Å². The third kappa shape index (κ3) is 4.69. The second-order valence-electron chi connectivity index (χ2n) is 7.75. The van der Waals surface area contributed by atoms with Gasteiger partial charge in [-0.3, -0.25) is 4.79 Å². The third-order valence-corrected chi connectivity index (χ3v) is 6.30. The van der Waals surface area contributed by atoms with Crippen LogP contribution >= 0.6 is 23.2 Å². The van der Waals surface area contributed by atoms with Gasteiger partial charge in [-0.25, -0.2) is 4.98 Å². The Hall–Kier alpha value is -3.22. The van der Waals surface area contributed by atoms with Crippen LogP contribution in [-0.4, -0.2) is 29.7 Å². The summed E-state index contributed by atoms with van der Waals surface area (Å²) in [5.41, 5.74) is 3.91. The standard InChI is InChI=1S/C26H25Cl2N3O3/c1-4-12-31-22-11-9-17(14-21(22)30-25(31)16-8-10-19(27)20(28)13-16)26(32)29-15-18-6-5-7-23(33-2)24(18)34-3/h5-11,13-14H,4,12,15H2,1-3H3,(H,29,32). The van der Waals surface area contributed by atoms with Crippen molar-refractivity contribution in [2.45, 2.75) is 26.4 Å².